The Kier molecular flexibility index (Phi) is 10.2. The van der Waals surface area contributed by atoms with Crippen LogP contribution >= 0.6 is 0 Å². The molecular weight excluding hydrogens is 492 g/mol. The van der Waals surface area contributed by atoms with Crippen LogP contribution in [0.5, 0.6) is 0 Å². The fraction of sp³-hybridized carbons (Fsp3) is 0.469. The topological polar surface area (TPSA) is 93.7 Å². The van der Waals surface area contributed by atoms with E-state index in [4.69, 9.17) is 9.47 Å². The van der Waals surface area contributed by atoms with E-state index >= 15 is 0 Å². The number of carbonyl (C=O) groups is 3. The number of fused-ring (bicyclic) bond motifs is 3. The van der Waals surface area contributed by atoms with Crippen LogP contribution in [0.2, 0.25) is 0 Å². The average molecular weight is 533 g/mol. The highest BCUT2D eigenvalue weighted by atomic mass is 16.5. The van der Waals surface area contributed by atoms with Gasteiger partial charge in [-0.3, -0.25) is 9.59 Å². The quantitative estimate of drug-likeness (QED) is 0.180. The lowest BCUT2D eigenvalue weighted by Gasteiger charge is -2.26. The number of amides is 2. The Hall–Kier alpha value is -3.61. The lowest BCUT2D eigenvalue weighted by atomic mass is 9.81. The highest BCUT2D eigenvalue weighted by Gasteiger charge is 2.42. The van der Waals surface area contributed by atoms with Gasteiger partial charge < -0.3 is 20.1 Å². The van der Waals surface area contributed by atoms with Crippen LogP contribution in [-0.2, 0) is 19.1 Å². The monoisotopic (exact) mass is 532 g/mol. The minimum Gasteiger partial charge on any atom is -0.461 e. The fourth-order valence-electron chi connectivity index (χ4n) is 5.83. The zero-order valence-electron chi connectivity index (χ0n) is 22.7. The minimum atomic E-state index is -0.523. The van der Waals surface area contributed by atoms with Crippen LogP contribution in [-0.4, -0.2) is 44.3 Å². The smallest absolute Gasteiger partial charge is 0.407 e. The molecule has 2 aliphatic rings. The minimum absolute atomic E-state index is 0.0328. The summed E-state index contributed by atoms with van der Waals surface area (Å²) in [6.07, 6.45) is 8.08. The molecule has 2 N–H and O–H groups in total. The highest BCUT2D eigenvalue weighted by Crippen LogP contribution is 2.45. The highest BCUT2D eigenvalue weighted by molar-refractivity contribution is 5.80. The Labute approximate surface area is 231 Å². The molecule has 0 heterocycles. The van der Waals surface area contributed by atoms with E-state index in [0.717, 1.165) is 44.9 Å². The number of hydrogen-bond donors (Lipinski definition) is 2. The van der Waals surface area contributed by atoms with Gasteiger partial charge in [0.1, 0.15) is 13.2 Å². The van der Waals surface area contributed by atoms with E-state index in [9.17, 15) is 14.4 Å². The van der Waals surface area contributed by atoms with Gasteiger partial charge in [0.2, 0.25) is 5.91 Å². The number of ether oxygens (including phenoxy) is 2. The van der Waals surface area contributed by atoms with Gasteiger partial charge in [-0.25, -0.2) is 4.79 Å². The molecule has 0 aromatic heterocycles. The number of nitrogens with one attached hydrogen (secondary N) is 2. The summed E-state index contributed by atoms with van der Waals surface area (Å²) in [5.41, 5.74) is 4.28. The number of hydrogen-bond acceptors (Lipinski definition) is 5. The van der Waals surface area contributed by atoms with Gasteiger partial charge in [0, 0.05) is 25.4 Å². The van der Waals surface area contributed by atoms with Crippen LogP contribution < -0.4 is 10.6 Å². The van der Waals surface area contributed by atoms with Crippen LogP contribution in [0.1, 0.15) is 74.8 Å². The van der Waals surface area contributed by atoms with Crippen molar-refractivity contribution in [3.8, 4) is 11.1 Å². The molecule has 0 unspecified atom stereocenters. The number of esters is 1. The lowest BCUT2D eigenvalue weighted by molar-refractivity contribution is -0.155. The standard InChI is InChI=1S/C32H40N2O5/c1-2-22-38-30(36)32(17-8-9-18-32)19-16-29(35)33-20-10-3-11-21-34-31(37)39-23-28-26-14-6-4-12-24(26)25-13-5-7-15-27(25)28/h2,4-7,12-15,28H,1,3,8-11,16-23H2,(H,33,35)(H,34,37). The molecule has 2 amide bonds. The van der Waals surface area contributed by atoms with Gasteiger partial charge in [-0.05, 0) is 60.8 Å². The van der Waals surface area contributed by atoms with E-state index in [2.05, 4.69) is 41.5 Å². The zero-order chi connectivity index (χ0) is 27.5. The molecule has 1 fully saturated rings. The van der Waals surface area contributed by atoms with Crippen molar-refractivity contribution in [3.05, 3.63) is 72.3 Å². The molecule has 0 aliphatic heterocycles. The van der Waals surface area contributed by atoms with Gasteiger partial charge in [-0.15, -0.1) is 0 Å². The first-order valence-corrected chi connectivity index (χ1v) is 14.2. The lowest BCUT2D eigenvalue weighted by Crippen LogP contribution is -2.33. The Bertz CT molecular complexity index is 1110. The first-order chi connectivity index (χ1) is 19.0. The van der Waals surface area contributed by atoms with E-state index in [0.29, 0.717) is 32.5 Å². The summed E-state index contributed by atoms with van der Waals surface area (Å²) in [7, 11) is 0. The summed E-state index contributed by atoms with van der Waals surface area (Å²) in [5, 5.41) is 5.79. The number of carbonyl (C=O) groups excluding carboxylic acids is 3. The van der Waals surface area contributed by atoms with Gasteiger partial charge in [-0.1, -0.05) is 74.0 Å². The van der Waals surface area contributed by atoms with Gasteiger partial charge >= 0.3 is 12.1 Å². The Morgan fingerprint density at radius 2 is 1.49 bits per heavy atom. The van der Waals surface area contributed by atoms with Gasteiger partial charge in [0.15, 0.2) is 0 Å². The molecule has 7 heteroatoms. The van der Waals surface area contributed by atoms with Crippen molar-refractivity contribution in [2.24, 2.45) is 5.41 Å². The normalized spacial score (nSPS) is 15.2. The summed E-state index contributed by atoms with van der Waals surface area (Å²) in [5.74, 6) is -0.181. The van der Waals surface area contributed by atoms with Crippen molar-refractivity contribution in [2.45, 2.75) is 63.7 Å². The van der Waals surface area contributed by atoms with Crippen molar-refractivity contribution in [3.63, 3.8) is 0 Å². The summed E-state index contributed by atoms with van der Waals surface area (Å²) in [4.78, 5) is 37.1. The predicted molar refractivity (Wildman–Crippen MR) is 151 cm³/mol. The molecule has 4 rings (SSSR count). The molecule has 7 nitrogen and oxygen atoms in total. The van der Waals surface area contributed by atoms with Gasteiger partial charge in [0.05, 0.1) is 5.41 Å². The number of alkyl carbamates (subject to hydrolysis) is 1. The third kappa shape index (κ3) is 7.28. The molecule has 2 aromatic rings. The predicted octanol–water partition coefficient (Wildman–Crippen LogP) is 5.88. The zero-order valence-corrected chi connectivity index (χ0v) is 22.7. The SMILES string of the molecule is C=CCOC(=O)C1(CCC(=O)NCCCCCNC(=O)OCC2c3ccccc3-c3ccccc32)CCCC1. The van der Waals surface area contributed by atoms with Crippen molar-refractivity contribution >= 4 is 18.0 Å². The van der Waals surface area contributed by atoms with E-state index < -0.39 is 11.5 Å². The first kappa shape index (κ1) is 28.4. The van der Waals surface area contributed by atoms with Crippen LogP contribution in [0.15, 0.2) is 61.2 Å². The molecule has 0 atom stereocenters. The molecule has 39 heavy (non-hydrogen) atoms. The summed E-state index contributed by atoms with van der Waals surface area (Å²) in [6, 6.07) is 16.5. The van der Waals surface area contributed by atoms with E-state index in [1.165, 1.54) is 22.3 Å². The maximum absolute atomic E-state index is 12.5. The molecule has 208 valence electrons. The van der Waals surface area contributed by atoms with Crippen molar-refractivity contribution < 1.29 is 23.9 Å². The van der Waals surface area contributed by atoms with Crippen LogP contribution in [0, 0.1) is 5.41 Å². The second-order valence-corrected chi connectivity index (χ2v) is 10.5. The van der Waals surface area contributed by atoms with Crippen LogP contribution in [0.3, 0.4) is 0 Å². The molecular formula is C32H40N2O5. The average Bonchev–Trinajstić information content (AvgIpc) is 3.57. The van der Waals surface area contributed by atoms with E-state index in [1.807, 2.05) is 24.3 Å². The summed E-state index contributed by atoms with van der Waals surface area (Å²) < 4.78 is 10.9. The maximum atomic E-state index is 12.5. The second kappa shape index (κ2) is 14.0. The molecule has 0 saturated heterocycles. The maximum Gasteiger partial charge on any atom is 0.407 e. The summed E-state index contributed by atoms with van der Waals surface area (Å²) in [6.45, 7) is 5.22. The van der Waals surface area contributed by atoms with Gasteiger partial charge in [-0.2, -0.15) is 0 Å². The van der Waals surface area contributed by atoms with Crippen molar-refractivity contribution in [1.82, 2.24) is 10.6 Å². The van der Waals surface area contributed by atoms with Crippen LogP contribution in [0.25, 0.3) is 11.1 Å². The molecule has 0 bridgehead atoms. The van der Waals surface area contributed by atoms with Gasteiger partial charge in [0.25, 0.3) is 0 Å². The molecule has 0 spiro atoms. The van der Waals surface area contributed by atoms with E-state index in [-0.39, 0.29) is 24.4 Å². The fourth-order valence-corrected chi connectivity index (χ4v) is 5.83. The number of benzene rings is 2. The summed E-state index contributed by atoms with van der Waals surface area (Å²) >= 11 is 0. The third-order valence-corrected chi connectivity index (χ3v) is 7.95. The van der Waals surface area contributed by atoms with Crippen molar-refractivity contribution in [1.29, 1.82) is 0 Å². The molecule has 2 aromatic carbocycles. The van der Waals surface area contributed by atoms with Crippen LogP contribution in [0.4, 0.5) is 4.79 Å². The Morgan fingerprint density at radius 1 is 0.872 bits per heavy atom. The molecule has 2 aliphatic carbocycles. The molecule has 0 radical (unpaired) electrons. The second-order valence-electron chi connectivity index (χ2n) is 10.5. The van der Waals surface area contributed by atoms with Crippen molar-refractivity contribution in [2.75, 3.05) is 26.3 Å². The third-order valence-electron chi connectivity index (χ3n) is 7.95. The first-order valence-electron chi connectivity index (χ1n) is 14.2. The Balaban J connectivity index is 1.07. The number of unbranched alkanes of at least 4 members (excludes halogenated alkanes) is 2. The number of rotatable bonds is 14. The van der Waals surface area contributed by atoms with E-state index in [1.54, 1.807) is 6.08 Å². The molecule has 1 saturated carbocycles. The Morgan fingerprint density at radius 3 is 2.13 bits per heavy atom. The largest absolute Gasteiger partial charge is 0.461 e.